The van der Waals surface area contributed by atoms with Crippen molar-refractivity contribution in [3.63, 3.8) is 0 Å². The van der Waals surface area contributed by atoms with Crippen molar-refractivity contribution in [2.45, 2.75) is 12.3 Å². The number of carboxylic acids is 1. The van der Waals surface area contributed by atoms with Gasteiger partial charge in [-0.15, -0.1) is 0 Å². The zero-order valence-corrected chi connectivity index (χ0v) is 10.1. The summed E-state index contributed by atoms with van der Waals surface area (Å²) < 4.78 is 10.5. The number of aliphatic carboxylic acids is 1. The number of hydrogen-bond acceptors (Lipinski definition) is 4. The van der Waals surface area contributed by atoms with Crippen molar-refractivity contribution in [2.24, 2.45) is 5.92 Å². The zero-order chi connectivity index (χ0) is 13.4. The first kappa shape index (κ1) is 11.8. The second-order valence-electron chi connectivity index (χ2n) is 4.67. The summed E-state index contributed by atoms with van der Waals surface area (Å²) in [7, 11) is 0. The van der Waals surface area contributed by atoms with Gasteiger partial charge >= 0.3 is 5.97 Å². The third kappa shape index (κ3) is 2.09. The van der Waals surface area contributed by atoms with Gasteiger partial charge in [0.1, 0.15) is 0 Å². The molecule has 0 aromatic heterocycles. The van der Waals surface area contributed by atoms with E-state index in [0.29, 0.717) is 11.5 Å². The Kier molecular flexibility index (Phi) is 2.77. The van der Waals surface area contributed by atoms with Crippen LogP contribution in [0, 0.1) is 5.92 Å². The molecule has 1 saturated heterocycles. The van der Waals surface area contributed by atoms with E-state index < -0.39 is 11.9 Å². The van der Waals surface area contributed by atoms with Gasteiger partial charge in [0.2, 0.25) is 12.7 Å². The largest absolute Gasteiger partial charge is 0.481 e. The molecule has 0 spiro atoms. The average Bonchev–Trinajstić information content (AvgIpc) is 2.85. The summed E-state index contributed by atoms with van der Waals surface area (Å²) in [5.41, 5.74) is 0.798. The second kappa shape index (κ2) is 4.46. The molecule has 2 aliphatic heterocycles. The Hall–Kier alpha value is -2.24. The Bertz CT molecular complexity index is 542. The number of carboxylic acid groups (broad SMARTS) is 1. The Morgan fingerprint density at radius 3 is 2.89 bits per heavy atom. The molecule has 1 aromatic carbocycles. The van der Waals surface area contributed by atoms with Crippen molar-refractivity contribution >= 4 is 11.9 Å². The van der Waals surface area contributed by atoms with Crippen LogP contribution in [-0.4, -0.2) is 30.3 Å². The van der Waals surface area contributed by atoms with Crippen molar-refractivity contribution in [2.75, 3.05) is 13.3 Å². The number of rotatable bonds is 2. The molecular formula is C13H13NO5. The smallest absolute Gasteiger partial charge is 0.308 e. The lowest BCUT2D eigenvalue weighted by Gasteiger charge is -2.29. The van der Waals surface area contributed by atoms with Crippen LogP contribution in [0.4, 0.5) is 0 Å². The topological polar surface area (TPSA) is 84.9 Å². The highest BCUT2D eigenvalue weighted by molar-refractivity contribution is 5.82. The van der Waals surface area contributed by atoms with E-state index >= 15 is 0 Å². The number of carbonyl (C=O) groups is 2. The molecule has 100 valence electrons. The minimum atomic E-state index is -0.900. The van der Waals surface area contributed by atoms with E-state index in [0.717, 1.165) is 5.56 Å². The normalized spacial score (nSPS) is 24.9. The summed E-state index contributed by atoms with van der Waals surface area (Å²) in [5, 5.41) is 11.8. The van der Waals surface area contributed by atoms with Crippen LogP contribution in [0.5, 0.6) is 11.5 Å². The number of ether oxygens (including phenoxy) is 2. The van der Waals surface area contributed by atoms with E-state index in [-0.39, 0.29) is 31.6 Å². The first-order valence-corrected chi connectivity index (χ1v) is 6.04. The third-order valence-electron chi connectivity index (χ3n) is 3.55. The molecule has 6 nitrogen and oxygen atoms in total. The second-order valence-corrected chi connectivity index (χ2v) is 4.67. The molecule has 1 aromatic rings. The van der Waals surface area contributed by atoms with E-state index in [4.69, 9.17) is 9.47 Å². The van der Waals surface area contributed by atoms with E-state index in [2.05, 4.69) is 5.32 Å². The number of amides is 1. The Morgan fingerprint density at radius 1 is 1.32 bits per heavy atom. The van der Waals surface area contributed by atoms with Gasteiger partial charge in [-0.25, -0.2) is 0 Å². The fourth-order valence-electron chi connectivity index (χ4n) is 2.53. The summed E-state index contributed by atoms with van der Waals surface area (Å²) in [6.07, 6.45) is 0.177. The number of hydrogen-bond donors (Lipinski definition) is 2. The molecule has 2 aliphatic rings. The highest BCUT2D eigenvalue weighted by atomic mass is 16.7. The maximum absolute atomic E-state index is 11.5. The molecule has 0 aliphatic carbocycles. The minimum Gasteiger partial charge on any atom is -0.481 e. The van der Waals surface area contributed by atoms with Crippen LogP contribution >= 0.6 is 0 Å². The SMILES string of the molecule is O=C1CC(c2ccc3c(c2)OCO3)C(C(=O)O)CN1. The van der Waals surface area contributed by atoms with Crippen molar-refractivity contribution in [1.82, 2.24) is 5.32 Å². The van der Waals surface area contributed by atoms with Gasteiger partial charge in [0.25, 0.3) is 0 Å². The lowest BCUT2D eigenvalue weighted by atomic mass is 9.81. The predicted octanol–water partition coefficient (Wildman–Crippen LogP) is 0.720. The van der Waals surface area contributed by atoms with Crippen LogP contribution in [0.3, 0.4) is 0 Å². The molecule has 0 radical (unpaired) electrons. The van der Waals surface area contributed by atoms with Crippen LogP contribution in [0.2, 0.25) is 0 Å². The first-order valence-electron chi connectivity index (χ1n) is 6.04. The van der Waals surface area contributed by atoms with Gasteiger partial charge in [-0.05, 0) is 17.7 Å². The van der Waals surface area contributed by atoms with E-state index in [1.54, 1.807) is 18.2 Å². The van der Waals surface area contributed by atoms with Gasteiger partial charge in [-0.1, -0.05) is 6.07 Å². The fraction of sp³-hybridized carbons (Fsp3) is 0.385. The molecule has 2 heterocycles. The predicted molar refractivity (Wildman–Crippen MR) is 64.1 cm³/mol. The summed E-state index contributed by atoms with van der Waals surface area (Å²) in [6, 6.07) is 5.32. The van der Waals surface area contributed by atoms with Gasteiger partial charge in [-0.3, -0.25) is 9.59 Å². The standard InChI is InChI=1S/C13H13NO5/c15-12-4-8(9(5-14-12)13(16)17)7-1-2-10-11(3-7)19-6-18-10/h1-3,8-9H,4-6H2,(H,14,15)(H,16,17). The maximum Gasteiger partial charge on any atom is 0.308 e. The quantitative estimate of drug-likeness (QED) is 0.821. The molecule has 0 bridgehead atoms. The summed E-state index contributed by atoms with van der Waals surface area (Å²) in [4.78, 5) is 22.8. The number of benzene rings is 1. The number of carbonyl (C=O) groups excluding carboxylic acids is 1. The molecule has 3 rings (SSSR count). The summed E-state index contributed by atoms with van der Waals surface area (Å²) in [6.45, 7) is 0.333. The Balaban J connectivity index is 1.93. The van der Waals surface area contributed by atoms with Crippen LogP contribution in [0.25, 0.3) is 0 Å². The van der Waals surface area contributed by atoms with Crippen molar-refractivity contribution < 1.29 is 24.2 Å². The highest BCUT2D eigenvalue weighted by Gasteiger charge is 2.35. The number of nitrogens with one attached hydrogen (secondary N) is 1. The molecule has 1 fully saturated rings. The molecule has 2 unspecified atom stereocenters. The monoisotopic (exact) mass is 263 g/mol. The average molecular weight is 263 g/mol. The van der Waals surface area contributed by atoms with Gasteiger partial charge in [0.15, 0.2) is 11.5 Å². The Labute approximate surface area is 109 Å². The van der Waals surface area contributed by atoms with Crippen LogP contribution < -0.4 is 14.8 Å². The van der Waals surface area contributed by atoms with Gasteiger partial charge < -0.3 is 19.9 Å². The van der Waals surface area contributed by atoms with Crippen LogP contribution in [-0.2, 0) is 9.59 Å². The molecule has 6 heteroatoms. The van der Waals surface area contributed by atoms with Crippen molar-refractivity contribution in [3.05, 3.63) is 23.8 Å². The van der Waals surface area contributed by atoms with E-state index in [1.807, 2.05) is 0 Å². The van der Waals surface area contributed by atoms with Crippen molar-refractivity contribution in [3.8, 4) is 11.5 Å². The molecular weight excluding hydrogens is 250 g/mol. The zero-order valence-electron chi connectivity index (χ0n) is 10.1. The van der Waals surface area contributed by atoms with Gasteiger partial charge in [-0.2, -0.15) is 0 Å². The lowest BCUT2D eigenvalue weighted by Crippen LogP contribution is -2.43. The van der Waals surface area contributed by atoms with Crippen molar-refractivity contribution in [1.29, 1.82) is 0 Å². The van der Waals surface area contributed by atoms with Crippen LogP contribution in [0.15, 0.2) is 18.2 Å². The van der Waals surface area contributed by atoms with Gasteiger partial charge in [0, 0.05) is 18.9 Å². The number of fused-ring (bicyclic) bond motifs is 1. The summed E-state index contributed by atoms with van der Waals surface area (Å²) in [5.74, 6) is -0.717. The highest BCUT2D eigenvalue weighted by Crippen LogP contribution is 2.38. The fourth-order valence-corrected chi connectivity index (χ4v) is 2.53. The Morgan fingerprint density at radius 2 is 2.11 bits per heavy atom. The molecule has 0 saturated carbocycles. The van der Waals surface area contributed by atoms with E-state index in [1.165, 1.54) is 0 Å². The molecule has 19 heavy (non-hydrogen) atoms. The summed E-state index contributed by atoms with van der Waals surface area (Å²) >= 11 is 0. The minimum absolute atomic E-state index is 0.125. The maximum atomic E-state index is 11.5. The van der Waals surface area contributed by atoms with E-state index in [9.17, 15) is 14.7 Å². The van der Waals surface area contributed by atoms with Crippen LogP contribution in [0.1, 0.15) is 17.9 Å². The lowest BCUT2D eigenvalue weighted by molar-refractivity contribution is -0.144. The number of piperidine rings is 1. The molecule has 2 N–H and O–H groups in total. The first-order chi connectivity index (χ1) is 9.15. The van der Waals surface area contributed by atoms with Gasteiger partial charge in [0.05, 0.1) is 5.92 Å². The molecule has 2 atom stereocenters. The molecule has 1 amide bonds. The third-order valence-corrected chi connectivity index (χ3v) is 3.55.